The molecule has 3 aliphatic heterocycles. The topological polar surface area (TPSA) is 27.3 Å². The lowest BCUT2D eigenvalue weighted by Gasteiger charge is -2.59. The van der Waals surface area contributed by atoms with Crippen molar-refractivity contribution in [2.24, 2.45) is 52.8 Å². The molecule has 0 amide bonds. The van der Waals surface area contributed by atoms with Crippen molar-refractivity contribution in [1.82, 2.24) is 15.5 Å². The van der Waals surface area contributed by atoms with E-state index < -0.39 is 0 Å². The molecule has 10 rings (SSSR count). The van der Waals surface area contributed by atoms with Gasteiger partial charge in [-0.2, -0.15) is 0 Å². The molecule has 0 bridgehead atoms. The Morgan fingerprint density at radius 1 is 0.891 bits per heavy atom. The lowest BCUT2D eigenvalue weighted by Crippen LogP contribution is -2.69. The number of nitrogens with zero attached hydrogens (tertiary/aromatic N) is 1. The van der Waals surface area contributed by atoms with Gasteiger partial charge in [-0.1, -0.05) is 94.9 Å². The van der Waals surface area contributed by atoms with Crippen LogP contribution in [0.1, 0.15) is 137 Å². The second-order valence-corrected chi connectivity index (χ2v) is 21.0. The third-order valence-electron chi connectivity index (χ3n) is 16.8. The number of nitrogens with one attached hydrogen (secondary N) is 2. The molecule has 0 spiro atoms. The average Bonchev–Trinajstić information content (AvgIpc) is 3.27. The highest BCUT2D eigenvalue weighted by molar-refractivity contribution is 8.01. The van der Waals surface area contributed by atoms with Gasteiger partial charge in [-0.25, -0.2) is 0 Å². The van der Waals surface area contributed by atoms with Crippen LogP contribution in [0.2, 0.25) is 0 Å². The Kier molecular flexibility index (Phi) is 7.37. The number of hydrogen-bond donors (Lipinski definition) is 2. The van der Waals surface area contributed by atoms with Gasteiger partial charge in [-0.15, -0.1) is 11.8 Å². The summed E-state index contributed by atoms with van der Waals surface area (Å²) in [5.41, 5.74) is 6.47. The van der Waals surface area contributed by atoms with Crippen molar-refractivity contribution < 1.29 is 0 Å². The zero-order chi connectivity index (χ0) is 30.9. The Hall–Kier alpha value is -0.290. The maximum absolute atomic E-state index is 4.49. The highest BCUT2D eigenvalue weighted by atomic mass is 32.2. The highest BCUT2D eigenvalue weighted by Crippen LogP contribution is 2.67. The van der Waals surface area contributed by atoms with E-state index in [0.717, 1.165) is 70.7 Å². The number of piperidine rings is 1. The van der Waals surface area contributed by atoms with Gasteiger partial charge in [0.05, 0.1) is 5.37 Å². The first-order chi connectivity index (χ1) is 22.3. The Morgan fingerprint density at radius 2 is 1.72 bits per heavy atom. The van der Waals surface area contributed by atoms with Crippen molar-refractivity contribution in [3.63, 3.8) is 0 Å². The smallest absolute Gasteiger partial charge is 0.0610 e. The predicted molar refractivity (Wildman–Crippen MR) is 193 cm³/mol. The zero-order valence-electron chi connectivity index (χ0n) is 29.7. The summed E-state index contributed by atoms with van der Waals surface area (Å²) in [5, 5.41) is 10.2. The molecule has 10 aliphatic rings. The van der Waals surface area contributed by atoms with Crippen molar-refractivity contribution in [3.05, 3.63) is 22.8 Å². The summed E-state index contributed by atoms with van der Waals surface area (Å²) in [6, 6.07) is 3.00. The lowest BCUT2D eigenvalue weighted by molar-refractivity contribution is -0.0489. The van der Waals surface area contributed by atoms with Gasteiger partial charge in [0.2, 0.25) is 0 Å². The molecule has 7 aliphatic carbocycles. The predicted octanol–water partition coefficient (Wildman–Crippen LogP) is 9.10. The van der Waals surface area contributed by atoms with Crippen LogP contribution in [0.15, 0.2) is 22.8 Å². The Labute approximate surface area is 285 Å². The number of likely N-dealkylation sites (tertiary alicyclic amines) is 1. The minimum Gasteiger partial charge on any atom is -0.309 e. The number of fused-ring (bicyclic) bond motifs is 9. The van der Waals surface area contributed by atoms with Crippen molar-refractivity contribution in [1.29, 1.82) is 0 Å². The highest BCUT2D eigenvalue weighted by Gasteiger charge is 2.68. The second kappa shape index (κ2) is 11.1. The SMILES string of the molecule is CC1=C2C3CC4CC4(C(C)(C)C)NC3SC2C2C(C1)CN2C1CCCCC1NC1CC=C2C3CCCC3C(C3CCCCC3)C2C1. The maximum Gasteiger partial charge on any atom is 0.0610 e. The molecule has 14 unspecified atom stereocenters. The zero-order valence-corrected chi connectivity index (χ0v) is 30.6. The molecule has 14 atom stereocenters. The van der Waals surface area contributed by atoms with Crippen LogP contribution in [-0.4, -0.2) is 51.8 Å². The Balaban J connectivity index is 0.856. The monoisotopic (exact) mass is 643 g/mol. The van der Waals surface area contributed by atoms with E-state index in [1.54, 1.807) is 24.8 Å². The van der Waals surface area contributed by atoms with Crippen LogP contribution in [0, 0.1) is 52.8 Å². The van der Waals surface area contributed by atoms with E-state index in [1.807, 2.05) is 11.1 Å². The van der Waals surface area contributed by atoms with Crippen LogP contribution in [0.3, 0.4) is 0 Å². The van der Waals surface area contributed by atoms with Crippen LogP contribution in [-0.2, 0) is 0 Å². The first kappa shape index (κ1) is 30.5. The number of thioether (sulfide) groups is 1. The van der Waals surface area contributed by atoms with E-state index in [-0.39, 0.29) is 0 Å². The summed E-state index contributed by atoms with van der Waals surface area (Å²) in [4.78, 5) is 3.11. The van der Waals surface area contributed by atoms with E-state index in [1.165, 1.54) is 96.4 Å². The first-order valence-electron chi connectivity index (χ1n) is 20.6. The minimum absolute atomic E-state index is 0.370. The molecule has 0 aromatic carbocycles. The minimum atomic E-state index is 0.370. The van der Waals surface area contributed by atoms with Crippen LogP contribution >= 0.6 is 11.8 Å². The molecule has 8 fully saturated rings. The molecule has 2 N–H and O–H groups in total. The van der Waals surface area contributed by atoms with Gasteiger partial charge in [-0.05, 0) is 112 Å². The van der Waals surface area contributed by atoms with E-state index in [9.17, 15) is 0 Å². The standard InChI is InChI=1S/C42H65N3S/c1-24-19-26-23-45(38(26)39-36(24)33-20-27-22-42(27,41(2,3)4)44-40(33)46-39)35-16-9-8-15-34(35)43-28-17-18-30-29-13-10-14-31(29)37(32(30)21-28)25-11-6-5-7-12-25/h18,25-29,31-35,37-40,43-44H,5-17,19-23H2,1-4H3. The van der Waals surface area contributed by atoms with Crippen molar-refractivity contribution in [3.8, 4) is 0 Å². The third kappa shape index (κ3) is 4.53. The summed E-state index contributed by atoms with van der Waals surface area (Å²) < 4.78 is 0. The van der Waals surface area contributed by atoms with Crippen LogP contribution < -0.4 is 10.6 Å². The third-order valence-corrected chi connectivity index (χ3v) is 18.4. The fraction of sp³-hybridized carbons (Fsp3) is 0.905. The van der Waals surface area contributed by atoms with Crippen LogP contribution in [0.4, 0.5) is 0 Å². The summed E-state index contributed by atoms with van der Waals surface area (Å²) >= 11 is 2.39. The summed E-state index contributed by atoms with van der Waals surface area (Å²) in [5.74, 6) is 7.61. The molecule has 4 heteroatoms. The molecule has 254 valence electrons. The van der Waals surface area contributed by atoms with Crippen LogP contribution in [0.5, 0.6) is 0 Å². The van der Waals surface area contributed by atoms with E-state index in [0.29, 0.717) is 22.4 Å². The van der Waals surface area contributed by atoms with Gasteiger partial charge in [0.25, 0.3) is 0 Å². The van der Waals surface area contributed by atoms with Gasteiger partial charge in [-0.3, -0.25) is 10.2 Å². The van der Waals surface area contributed by atoms with Crippen molar-refractivity contribution >= 4 is 11.8 Å². The Bertz CT molecular complexity index is 1270. The van der Waals surface area contributed by atoms with Crippen molar-refractivity contribution in [2.75, 3.05) is 6.54 Å². The van der Waals surface area contributed by atoms with Gasteiger partial charge in [0, 0.05) is 47.4 Å². The summed E-state index contributed by atoms with van der Waals surface area (Å²) in [6.45, 7) is 11.4. The van der Waals surface area contributed by atoms with Gasteiger partial charge < -0.3 is 5.32 Å². The molecule has 0 aromatic rings. The fourth-order valence-corrected chi connectivity index (χ4v) is 16.9. The molecule has 3 saturated heterocycles. The maximum atomic E-state index is 4.49. The second-order valence-electron chi connectivity index (χ2n) is 19.8. The Morgan fingerprint density at radius 3 is 2.57 bits per heavy atom. The van der Waals surface area contributed by atoms with E-state index in [2.05, 4.69) is 61.1 Å². The van der Waals surface area contributed by atoms with Gasteiger partial charge >= 0.3 is 0 Å². The normalized spacial score (nSPS) is 51.7. The number of hydrogen-bond acceptors (Lipinski definition) is 4. The lowest BCUT2D eigenvalue weighted by atomic mass is 9.67. The molecule has 3 heterocycles. The number of rotatable bonds is 4. The fourth-order valence-electron chi connectivity index (χ4n) is 14.8. The van der Waals surface area contributed by atoms with Crippen molar-refractivity contribution in [2.45, 2.75) is 177 Å². The van der Waals surface area contributed by atoms with Crippen LogP contribution in [0.25, 0.3) is 0 Å². The average molecular weight is 644 g/mol. The first-order valence-corrected chi connectivity index (χ1v) is 21.6. The summed E-state index contributed by atoms with van der Waals surface area (Å²) in [7, 11) is 0. The number of allylic oxidation sites excluding steroid dienone is 2. The molecule has 0 radical (unpaired) electrons. The molecular weight excluding hydrogens is 579 g/mol. The van der Waals surface area contributed by atoms with E-state index >= 15 is 0 Å². The van der Waals surface area contributed by atoms with Gasteiger partial charge in [0.15, 0.2) is 0 Å². The quantitative estimate of drug-likeness (QED) is 0.299. The largest absolute Gasteiger partial charge is 0.309 e. The molecule has 46 heavy (non-hydrogen) atoms. The molecular formula is C42H65N3S. The van der Waals surface area contributed by atoms with E-state index in [4.69, 9.17) is 0 Å². The summed E-state index contributed by atoms with van der Waals surface area (Å²) in [6.07, 6.45) is 27.8. The molecule has 0 aromatic heterocycles. The molecule has 5 saturated carbocycles. The molecule has 3 nitrogen and oxygen atoms in total. The van der Waals surface area contributed by atoms with Gasteiger partial charge in [0.1, 0.15) is 0 Å².